The quantitative estimate of drug-likeness (QED) is 0.0473. The maximum atomic E-state index is 12.2. The predicted molar refractivity (Wildman–Crippen MR) is 262 cm³/mol. The van der Waals surface area contributed by atoms with Crippen molar-refractivity contribution in [2.24, 2.45) is 0 Å². The second-order valence-corrected chi connectivity index (χ2v) is 16.8. The summed E-state index contributed by atoms with van der Waals surface area (Å²) in [6.07, 6.45) is 53.0. The summed E-state index contributed by atoms with van der Waals surface area (Å²) >= 11 is 0. The van der Waals surface area contributed by atoms with E-state index in [1.54, 1.807) is 0 Å². The van der Waals surface area contributed by atoms with Crippen molar-refractivity contribution in [2.75, 3.05) is 53.4 Å². The molecule has 344 valence electrons. The molecule has 8 heteroatoms. The molecule has 0 aliphatic heterocycles. The standard InChI is InChI=1S/C50H96N4O2.2ClH/c1-5-7-9-11-13-15-17-19-21-23-25-27-29-31-34-41-49(55)51-43-36-39-47-53(3)45-37-33-38-46-54(4)48-40-44-52-50(56)42-35-32-30-28-26-24-22-20-18-16-14-12-10-8-6-2;;/h19-22,33,37H,5-18,23-32,34-36,38-48H2,1-4H3,(H,51,55)(H,52,56);2*1H/b21-19-,22-20-,37-33?;;. The van der Waals surface area contributed by atoms with Crippen molar-refractivity contribution < 1.29 is 9.59 Å². The van der Waals surface area contributed by atoms with Gasteiger partial charge in [-0.1, -0.05) is 153 Å². The average molecular weight is 858 g/mol. The Bertz CT molecular complexity index is 929. The molecule has 0 aliphatic carbocycles. The Hall–Kier alpha value is -1.34. The zero-order valence-electron chi connectivity index (χ0n) is 38.9. The lowest BCUT2D eigenvalue weighted by Gasteiger charge is -2.16. The third-order valence-electron chi connectivity index (χ3n) is 10.9. The van der Waals surface area contributed by atoms with Gasteiger partial charge in [-0.3, -0.25) is 9.59 Å². The van der Waals surface area contributed by atoms with Crippen LogP contribution in [0.1, 0.15) is 219 Å². The van der Waals surface area contributed by atoms with Gasteiger partial charge in [-0.05, 0) is 117 Å². The number of carbonyl (C=O) groups excluding carboxylic acids is 2. The van der Waals surface area contributed by atoms with Gasteiger partial charge in [0, 0.05) is 39.0 Å². The lowest BCUT2D eigenvalue weighted by Crippen LogP contribution is -2.28. The maximum absolute atomic E-state index is 12.2. The molecule has 6 nitrogen and oxygen atoms in total. The third kappa shape index (κ3) is 50.8. The zero-order chi connectivity index (χ0) is 40.8. The number of rotatable bonds is 44. The van der Waals surface area contributed by atoms with E-state index in [0.29, 0.717) is 12.8 Å². The van der Waals surface area contributed by atoms with Crippen LogP contribution in [0.25, 0.3) is 0 Å². The van der Waals surface area contributed by atoms with E-state index in [1.165, 1.54) is 154 Å². The normalized spacial score (nSPS) is 11.6. The van der Waals surface area contributed by atoms with Crippen molar-refractivity contribution in [1.82, 2.24) is 20.4 Å². The molecule has 0 radical (unpaired) electrons. The summed E-state index contributed by atoms with van der Waals surface area (Å²) in [5.74, 6) is 0.434. The Balaban J connectivity index is -0.0000151. The molecule has 0 unspecified atom stereocenters. The molecule has 2 N–H and O–H groups in total. The highest BCUT2D eigenvalue weighted by molar-refractivity contribution is 5.85. The Kier molecular flexibility index (Phi) is 54.4. The summed E-state index contributed by atoms with van der Waals surface area (Å²) in [4.78, 5) is 29.1. The van der Waals surface area contributed by atoms with Crippen LogP contribution in [0.2, 0.25) is 0 Å². The third-order valence-corrected chi connectivity index (χ3v) is 10.9. The fraction of sp³-hybridized carbons (Fsp3) is 0.840. The molecule has 0 bridgehead atoms. The van der Waals surface area contributed by atoms with E-state index in [2.05, 4.69) is 84.8 Å². The SMILES string of the molecule is CCCCCCCC/C=C\CCCCCCCC(=O)NCCCCN(C)CC=CCCN(C)CCCNC(=O)CCCCCCC/C=C\CCCCCCCC.Cl.Cl. The number of nitrogens with one attached hydrogen (secondary N) is 2. The molecule has 0 aromatic rings. The molecule has 0 rings (SSSR count). The number of nitrogens with zero attached hydrogens (tertiary/aromatic N) is 2. The van der Waals surface area contributed by atoms with Crippen LogP contribution in [0, 0.1) is 0 Å². The minimum Gasteiger partial charge on any atom is -0.356 e. The van der Waals surface area contributed by atoms with Crippen LogP contribution in [-0.2, 0) is 9.59 Å². The van der Waals surface area contributed by atoms with Crippen LogP contribution in [0.3, 0.4) is 0 Å². The van der Waals surface area contributed by atoms with Gasteiger partial charge in [0.2, 0.25) is 11.8 Å². The monoisotopic (exact) mass is 857 g/mol. The summed E-state index contributed by atoms with van der Waals surface area (Å²) in [5, 5.41) is 6.24. The van der Waals surface area contributed by atoms with Crippen molar-refractivity contribution >= 4 is 36.6 Å². The summed E-state index contributed by atoms with van der Waals surface area (Å²) in [5.41, 5.74) is 0. The fourth-order valence-corrected chi connectivity index (χ4v) is 7.07. The van der Waals surface area contributed by atoms with E-state index in [9.17, 15) is 9.59 Å². The van der Waals surface area contributed by atoms with Gasteiger partial charge >= 0.3 is 0 Å². The van der Waals surface area contributed by atoms with Crippen LogP contribution in [0.5, 0.6) is 0 Å². The van der Waals surface area contributed by atoms with Crippen molar-refractivity contribution in [3.8, 4) is 0 Å². The van der Waals surface area contributed by atoms with Crippen molar-refractivity contribution in [1.29, 1.82) is 0 Å². The minimum atomic E-state index is 0. The molecule has 0 spiro atoms. The molecule has 0 aromatic heterocycles. The van der Waals surface area contributed by atoms with Crippen molar-refractivity contribution in [2.45, 2.75) is 219 Å². The lowest BCUT2D eigenvalue weighted by molar-refractivity contribution is -0.122. The number of amides is 2. The van der Waals surface area contributed by atoms with Crippen LogP contribution in [0.15, 0.2) is 36.5 Å². The summed E-state index contributed by atoms with van der Waals surface area (Å²) in [7, 11) is 4.35. The minimum absolute atomic E-state index is 0. The maximum Gasteiger partial charge on any atom is 0.219 e. The van der Waals surface area contributed by atoms with Gasteiger partial charge < -0.3 is 20.4 Å². The Labute approximate surface area is 374 Å². The fourth-order valence-electron chi connectivity index (χ4n) is 7.07. The highest BCUT2D eigenvalue weighted by Crippen LogP contribution is 2.12. The zero-order valence-corrected chi connectivity index (χ0v) is 40.5. The summed E-state index contributed by atoms with van der Waals surface area (Å²) in [6.45, 7) is 10.2. The second kappa shape index (κ2) is 51.8. The van der Waals surface area contributed by atoms with Crippen molar-refractivity contribution in [3.63, 3.8) is 0 Å². The number of carbonyl (C=O) groups is 2. The van der Waals surface area contributed by atoms with Gasteiger partial charge in [0.05, 0.1) is 0 Å². The first-order valence-electron chi connectivity index (χ1n) is 24.3. The number of hydrogen-bond donors (Lipinski definition) is 2. The molecule has 58 heavy (non-hydrogen) atoms. The molecule has 0 atom stereocenters. The van der Waals surface area contributed by atoms with E-state index < -0.39 is 0 Å². The smallest absolute Gasteiger partial charge is 0.219 e. The largest absolute Gasteiger partial charge is 0.356 e. The molecule has 2 amide bonds. The number of hydrogen-bond acceptors (Lipinski definition) is 4. The van der Waals surface area contributed by atoms with Gasteiger partial charge in [0.15, 0.2) is 0 Å². The molecule has 0 fully saturated rings. The van der Waals surface area contributed by atoms with Crippen LogP contribution >= 0.6 is 24.8 Å². The number of likely N-dealkylation sites (N-methyl/N-ethyl adjacent to an activating group) is 1. The first-order chi connectivity index (χ1) is 27.5. The van der Waals surface area contributed by atoms with Gasteiger partial charge in [0.1, 0.15) is 0 Å². The summed E-state index contributed by atoms with van der Waals surface area (Å²) in [6, 6.07) is 0. The van der Waals surface area contributed by atoms with Crippen molar-refractivity contribution in [3.05, 3.63) is 36.5 Å². The molecular formula is C50H98Cl2N4O2. The molecule has 0 heterocycles. The Morgan fingerprint density at radius 1 is 0.379 bits per heavy atom. The number of allylic oxidation sites excluding steroid dienone is 4. The molecule has 0 aliphatic rings. The van der Waals surface area contributed by atoms with Crippen LogP contribution in [0.4, 0.5) is 0 Å². The first-order valence-corrected chi connectivity index (χ1v) is 24.3. The molecule has 0 aromatic carbocycles. The van der Waals surface area contributed by atoms with E-state index >= 15 is 0 Å². The average Bonchev–Trinajstić information content (AvgIpc) is 3.19. The van der Waals surface area contributed by atoms with E-state index in [-0.39, 0.29) is 36.6 Å². The van der Waals surface area contributed by atoms with E-state index in [0.717, 1.165) is 77.8 Å². The molecule has 0 saturated heterocycles. The Morgan fingerprint density at radius 3 is 1.19 bits per heavy atom. The predicted octanol–water partition coefficient (Wildman–Crippen LogP) is 14.1. The lowest BCUT2D eigenvalue weighted by atomic mass is 10.1. The summed E-state index contributed by atoms with van der Waals surface area (Å²) < 4.78 is 0. The second-order valence-electron chi connectivity index (χ2n) is 16.8. The van der Waals surface area contributed by atoms with Crippen LogP contribution in [-0.4, -0.2) is 75.0 Å². The molecule has 0 saturated carbocycles. The first kappa shape index (κ1) is 61.0. The number of halogens is 2. The van der Waals surface area contributed by atoms with Crippen LogP contribution < -0.4 is 10.6 Å². The van der Waals surface area contributed by atoms with Gasteiger partial charge in [-0.2, -0.15) is 0 Å². The van der Waals surface area contributed by atoms with E-state index in [1.807, 2.05) is 0 Å². The van der Waals surface area contributed by atoms with Gasteiger partial charge in [0.25, 0.3) is 0 Å². The Morgan fingerprint density at radius 2 is 0.741 bits per heavy atom. The topological polar surface area (TPSA) is 64.7 Å². The van der Waals surface area contributed by atoms with E-state index in [4.69, 9.17) is 0 Å². The van der Waals surface area contributed by atoms with Gasteiger partial charge in [-0.15, -0.1) is 24.8 Å². The highest BCUT2D eigenvalue weighted by Gasteiger charge is 2.04. The van der Waals surface area contributed by atoms with Gasteiger partial charge in [-0.25, -0.2) is 0 Å². The highest BCUT2D eigenvalue weighted by atomic mass is 35.5. The molecular weight excluding hydrogens is 759 g/mol. The number of unbranched alkanes of at least 4 members (excludes halogenated alkanes) is 23.